The summed E-state index contributed by atoms with van der Waals surface area (Å²) in [6.07, 6.45) is 5.47. The highest BCUT2D eigenvalue weighted by molar-refractivity contribution is 5.40. The Bertz CT molecular complexity index is 626. The van der Waals surface area contributed by atoms with E-state index in [0.29, 0.717) is 30.9 Å². The molecular weight excluding hydrogens is 258 g/mol. The summed E-state index contributed by atoms with van der Waals surface area (Å²) < 4.78 is 1.43. The number of nitrogens with zero attached hydrogens (tertiary/aromatic N) is 8. The minimum absolute atomic E-state index is 0.128. The van der Waals surface area contributed by atoms with Crippen LogP contribution < -0.4 is 10.6 Å². The van der Waals surface area contributed by atoms with Gasteiger partial charge in [-0.2, -0.15) is 30.0 Å². The molecule has 2 heterocycles. The number of rotatable bonds is 5. The van der Waals surface area contributed by atoms with Gasteiger partial charge in [0.15, 0.2) is 0 Å². The molecular formula is C11H13N9. The van der Waals surface area contributed by atoms with Gasteiger partial charge in [-0.1, -0.05) is 0 Å². The number of aromatic nitrogens is 6. The maximum atomic E-state index is 8.75. The first-order chi connectivity index (χ1) is 9.78. The summed E-state index contributed by atoms with van der Waals surface area (Å²) in [5.74, 6) is 0.941. The minimum atomic E-state index is 0.128. The Morgan fingerprint density at radius 2 is 2.25 bits per heavy atom. The first-order valence-electron chi connectivity index (χ1n) is 6.28. The quantitative estimate of drug-likeness (QED) is 0.800. The summed E-state index contributed by atoms with van der Waals surface area (Å²) in [6, 6.07) is 2.52. The molecule has 9 nitrogen and oxygen atoms in total. The van der Waals surface area contributed by atoms with Gasteiger partial charge in [0.25, 0.3) is 5.95 Å². The van der Waals surface area contributed by atoms with Crippen molar-refractivity contribution in [3.63, 3.8) is 0 Å². The minimum Gasteiger partial charge on any atom is -0.368 e. The predicted octanol–water partition coefficient (Wildman–Crippen LogP) is -0.0830. The second-order valence-corrected chi connectivity index (χ2v) is 4.47. The average molecular weight is 271 g/mol. The molecule has 0 unspecified atom stereocenters. The molecule has 2 aromatic heterocycles. The molecule has 0 aliphatic heterocycles. The monoisotopic (exact) mass is 271 g/mol. The second kappa shape index (κ2) is 5.08. The lowest BCUT2D eigenvalue weighted by molar-refractivity contribution is 0.733. The van der Waals surface area contributed by atoms with E-state index in [2.05, 4.69) is 31.1 Å². The van der Waals surface area contributed by atoms with Crippen LogP contribution in [0.15, 0.2) is 12.7 Å². The highest BCUT2D eigenvalue weighted by atomic mass is 15.4. The topological polar surface area (TPSA) is 122 Å². The van der Waals surface area contributed by atoms with Gasteiger partial charge in [0.05, 0.1) is 12.5 Å². The molecule has 0 radical (unpaired) electrons. The SMILES string of the molecule is N#CCCN(c1nc(N)nc(-n2cncn2)n1)C1CC1. The fourth-order valence-electron chi connectivity index (χ4n) is 1.91. The summed E-state index contributed by atoms with van der Waals surface area (Å²) in [7, 11) is 0. The van der Waals surface area contributed by atoms with Crippen LogP contribution in [-0.2, 0) is 0 Å². The third kappa shape index (κ3) is 2.49. The van der Waals surface area contributed by atoms with Crippen LogP contribution >= 0.6 is 0 Å². The van der Waals surface area contributed by atoms with Crippen molar-refractivity contribution in [2.24, 2.45) is 0 Å². The van der Waals surface area contributed by atoms with Crippen molar-refractivity contribution in [3.8, 4) is 12.0 Å². The number of nitriles is 1. The van der Waals surface area contributed by atoms with Crippen LogP contribution in [0.25, 0.3) is 5.95 Å². The summed E-state index contributed by atoms with van der Waals surface area (Å²) >= 11 is 0. The zero-order chi connectivity index (χ0) is 13.9. The Morgan fingerprint density at radius 1 is 1.40 bits per heavy atom. The molecule has 0 saturated heterocycles. The summed E-state index contributed by atoms with van der Waals surface area (Å²) in [4.78, 5) is 18.4. The maximum absolute atomic E-state index is 8.75. The Kier molecular flexibility index (Phi) is 3.12. The molecule has 1 aliphatic carbocycles. The van der Waals surface area contributed by atoms with Crippen LogP contribution in [0.1, 0.15) is 19.3 Å². The van der Waals surface area contributed by atoms with E-state index in [1.165, 1.54) is 17.3 Å². The van der Waals surface area contributed by atoms with E-state index < -0.39 is 0 Å². The molecule has 0 spiro atoms. The molecule has 3 rings (SSSR count). The zero-order valence-corrected chi connectivity index (χ0v) is 10.7. The molecule has 2 N–H and O–H groups in total. The molecule has 0 atom stereocenters. The first-order valence-corrected chi connectivity index (χ1v) is 6.28. The summed E-state index contributed by atoms with van der Waals surface area (Å²) in [5, 5.41) is 12.7. The van der Waals surface area contributed by atoms with Crippen molar-refractivity contribution in [2.75, 3.05) is 17.2 Å². The van der Waals surface area contributed by atoms with Crippen molar-refractivity contribution in [2.45, 2.75) is 25.3 Å². The third-order valence-electron chi connectivity index (χ3n) is 2.96. The fraction of sp³-hybridized carbons (Fsp3) is 0.455. The van der Waals surface area contributed by atoms with Gasteiger partial charge in [-0.3, -0.25) is 0 Å². The van der Waals surface area contributed by atoms with Crippen molar-refractivity contribution < 1.29 is 0 Å². The van der Waals surface area contributed by atoms with Gasteiger partial charge in [-0.05, 0) is 12.8 Å². The molecule has 1 fully saturated rings. The zero-order valence-electron chi connectivity index (χ0n) is 10.7. The smallest absolute Gasteiger partial charge is 0.258 e. The lowest BCUT2D eigenvalue weighted by atomic mass is 10.4. The number of hydrogen-bond acceptors (Lipinski definition) is 8. The van der Waals surface area contributed by atoms with Crippen LogP contribution in [0.3, 0.4) is 0 Å². The van der Waals surface area contributed by atoms with Crippen molar-refractivity contribution in [3.05, 3.63) is 12.7 Å². The van der Waals surface area contributed by atoms with E-state index in [1.807, 2.05) is 4.90 Å². The van der Waals surface area contributed by atoms with E-state index in [9.17, 15) is 0 Å². The molecule has 0 amide bonds. The number of nitrogen functional groups attached to an aromatic ring is 1. The van der Waals surface area contributed by atoms with Gasteiger partial charge in [0, 0.05) is 12.6 Å². The molecule has 1 aliphatic rings. The summed E-state index contributed by atoms with van der Waals surface area (Å²) in [6.45, 7) is 0.585. The number of hydrogen-bond donors (Lipinski definition) is 1. The standard InChI is InChI=1S/C11H13N9/c12-4-1-5-19(8-2-3-8)10-16-9(13)17-11(18-10)20-7-14-6-15-20/h6-8H,1-3,5H2,(H2,13,16,17,18). The van der Waals surface area contributed by atoms with E-state index in [-0.39, 0.29) is 5.95 Å². The second-order valence-electron chi connectivity index (χ2n) is 4.47. The molecule has 102 valence electrons. The Labute approximate surface area is 115 Å². The fourth-order valence-corrected chi connectivity index (χ4v) is 1.91. The van der Waals surface area contributed by atoms with Crippen LogP contribution in [0.4, 0.5) is 11.9 Å². The summed E-state index contributed by atoms with van der Waals surface area (Å²) in [5.41, 5.74) is 5.74. The molecule has 20 heavy (non-hydrogen) atoms. The predicted molar refractivity (Wildman–Crippen MR) is 69.8 cm³/mol. The molecule has 0 aromatic carbocycles. The van der Waals surface area contributed by atoms with E-state index >= 15 is 0 Å². The lowest BCUT2D eigenvalue weighted by Crippen LogP contribution is -2.29. The highest BCUT2D eigenvalue weighted by Gasteiger charge is 2.31. The third-order valence-corrected chi connectivity index (χ3v) is 2.96. The van der Waals surface area contributed by atoms with Crippen molar-refractivity contribution in [1.82, 2.24) is 29.7 Å². The maximum Gasteiger partial charge on any atom is 0.258 e. The lowest BCUT2D eigenvalue weighted by Gasteiger charge is -2.21. The normalized spacial score (nSPS) is 13.9. The average Bonchev–Trinajstić information content (AvgIpc) is 3.12. The van der Waals surface area contributed by atoms with Crippen LogP contribution in [-0.4, -0.2) is 42.3 Å². The van der Waals surface area contributed by atoms with E-state index in [4.69, 9.17) is 11.0 Å². The van der Waals surface area contributed by atoms with E-state index in [0.717, 1.165) is 12.8 Å². The Hall–Kier alpha value is -2.76. The van der Waals surface area contributed by atoms with Crippen LogP contribution in [0, 0.1) is 11.3 Å². The van der Waals surface area contributed by atoms with Crippen LogP contribution in [0.5, 0.6) is 0 Å². The van der Waals surface area contributed by atoms with Gasteiger partial charge >= 0.3 is 0 Å². The number of anilines is 2. The largest absolute Gasteiger partial charge is 0.368 e. The van der Waals surface area contributed by atoms with Crippen molar-refractivity contribution >= 4 is 11.9 Å². The van der Waals surface area contributed by atoms with Gasteiger partial charge < -0.3 is 10.6 Å². The van der Waals surface area contributed by atoms with Gasteiger partial charge in [-0.15, -0.1) is 0 Å². The van der Waals surface area contributed by atoms with Crippen molar-refractivity contribution in [1.29, 1.82) is 5.26 Å². The molecule has 2 aromatic rings. The molecule has 1 saturated carbocycles. The Morgan fingerprint density at radius 3 is 2.90 bits per heavy atom. The molecule has 9 heteroatoms. The van der Waals surface area contributed by atoms with Gasteiger partial charge in [0.2, 0.25) is 11.9 Å². The number of nitrogens with two attached hydrogens (primary N) is 1. The van der Waals surface area contributed by atoms with Gasteiger partial charge in [-0.25, -0.2) is 4.98 Å². The van der Waals surface area contributed by atoms with Gasteiger partial charge in [0.1, 0.15) is 12.7 Å². The van der Waals surface area contributed by atoms with Crippen LogP contribution in [0.2, 0.25) is 0 Å². The Balaban J connectivity index is 1.93. The highest BCUT2D eigenvalue weighted by Crippen LogP contribution is 2.30. The first kappa shape index (κ1) is 12.3. The molecule has 0 bridgehead atoms. The van der Waals surface area contributed by atoms with E-state index in [1.54, 1.807) is 0 Å².